The zero-order valence-corrected chi connectivity index (χ0v) is 18.2. The number of aromatic nitrogens is 2. The Morgan fingerprint density at radius 1 is 1.12 bits per heavy atom. The van der Waals surface area contributed by atoms with E-state index in [1.807, 2.05) is 56.3 Å². The maximum Gasteiger partial charge on any atom is 0.356 e. The molecular weight excluding hydrogens is 428 g/mol. The first-order valence-corrected chi connectivity index (χ1v) is 10.2. The molecule has 0 bridgehead atoms. The smallest absolute Gasteiger partial charge is 0.356 e. The molecule has 2 heterocycles. The summed E-state index contributed by atoms with van der Waals surface area (Å²) in [5.74, 6) is -0.984. The average molecular weight is 447 g/mol. The molecule has 0 spiro atoms. The maximum absolute atomic E-state index is 12.6. The van der Waals surface area contributed by atoms with Crippen LogP contribution in [-0.4, -0.2) is 28.0 Å². The number of benzene rings is 2. The van der Waals surface area contributed by atoms with Crippen molar-refractivity contribution in [3.8, 4) is 11.8 Å². The summed E-state index contributed by atoms with van der Waals surface area (Å²) in [5, 5.41) is 13.3. The highest BCUT2D eigenvalue weighted by Crippen LogP contribution is 2.30. The van der Waals surface area contributed by atoms with Crippen molar-refractivity contribution in [3.05, 3.63) is 82.1 Å². The zero-order chi connectivity index (χ0) is 22.8. The number of halogens is 1. The van der Waals surface area contributed by atoms with Crippen molar-refractivity contribution in [1.82, 2.24) is 9.55 Å². The highest BCUT2D eigenvalue weighted by molar-refractivity contribution is 6.38. The molecule has 7 nitrogen and oxygen atoms in total. The Morgan fingerprint density at radius 2 is 1.81 bits per heavy atom. The summed E-state index contributed by atoms with van der Waals surface area (Å²) in [7, 11) is 0. The summed E-state index contributed by atoms with van der Waals surface area (Å²) in [6, 6.07) is 18.7. The topological polar surface area (TPSA) is 99.9 Å². The van der Waals surface area contributed by atoms with Crippen LogP contribution in [0.4, 0.5) is 5.82 Å². The number of esters is 1. The molecule has 0 fully saturated rings. The van der Waals surface area contributed by atoms with E-state index in [-0.39, 0.29) is 10.7 Å². The molecule has 0 saturated carbocycles. The number of anilines is 1. The summed E-state index contributed by atoms with van der Waals surface area (Å²) < 4.78 is 6.96. The molecule has 8 heteroatoms. The Balaban J connectivity index is 1.54. The molecule has 0 atom stereocenters. The van der Waals surface area contributed by atoms with E-state index in [0.29, 0.717) is 22.3 Å². The molecule has 0 aliphatic carbocycles. The summed E-state index contributed by atoms with van der Waals surface area (Å²) in [5.41, 5.74) is 3.51. The lowest BCUT2D eigenvalue weighted by Gasteiger charge is -2.13. The maximum atomic E-state index is 12.6. The third-order valence-corrected chi connectivity index (χ3v) is 5.67. The fourth-order valence-corrected chi connectivity index (χ4v) is 3.87. The van der Waals surface area contributed by atoms with Crippen LogP contribution in [0, 0.1) is 25.2 Å². The lowest BCUT2D eigenvalue weighted by atomic mass is 10.2. The molecule has 32 heavy (non-hydrogen) atoms. The number of para-hydroxylation sites is 2. The second kappa shape index (κ2) is 8.61. The van der Waals surface area contributed by atoms with Crippen molar-refractivity contribution in [2.24, 2.45) is 0 Å². The van der Waals surface area contributed by atoms with E-state index in [1.165, 1.54) is 0 Å². The van der Waals surface area contributed by atoms with Crippen molar-refractivity contribution in [2.75, 3.05) is 11.9 Å². The minimum absolute atomic E-state index is 0.0812. The largest absolute Gasteiger partial charge is 0.451 e. The molecule has 1 amide bonds. The van der Waals surface area contributed by atoms with E-state index < -0.39 is 18.5 Å². The molecule has 2 N–H and O–H groups in total. The number of nitrogens with one attached hydrogen (secondary N) is 2. The number of rotatable bonds is 5. The SMILES string of the molecule is Cc1c(C#N)c(NC(=O)COC(=O)c2[nH]c3ccccc3c2Cl)n(-c2ccccc2)c1C. The number of hydrogen-bond acceptors (Lipinski definition) is 4. The predicted molar refractivity (Wildman–Crippen MR) is 122 cm³/mol. The molecule has 4 aromatic rings. The minimum Gasteiger partial charge on any atom is -0.451 e. The average Bonchev–Trinajstić information content (AvgIpc) is 3.26. The van der Waals surface area contributed by atoms with E-state index in [9.17, 15) is 14.9 Å². The van der Waals surface area contributed by atoms with E-state index >= 15 is 0 Å². The Hall–Kier alpha value is -4.02. The predicted octanol–water partition coefficient (Wildman–Crippen LogP) is 4.90. The van der Waals surface area contributed by atoms with Gasteiger partial charge in [-0.1, -0.05) is 48.0 Å². The van der Waals surface area contributed by atoms with Gasteiger partial charge in [-0.2, -0.15) is 5.26 Å². The molecule has 0 saturated heterocycles. The lowest BCUT2D eigenvalue weighted by molar-refractivity contribution is -0.119. The molecule has 0 aliphatic rings. The van der Waals surface area contributed by atoms with Gasteiger partial charge in [-0.05, 0) is 37.6 Å². The van der Waals surface area contributed by atoms with Gasteiger partial charge in [0.2, 0.25) is 0 Å². The normalized spacial score (nSPS) is 10.7. The van der Waals surface area contributed by atoms with Crippen LogP contribution in [0.15, 0.2) is 54.6 Å². The number of ether oxygens (including phenoxy) is 1. The standard InChI is InChI=1S/C24H19ClN4O3/c1-14-15(2)29(16-8-4-3-5-9-16)23(18(14)12-26)28-20(30)13-32-24(31)22-21(25)17-10-6-7-11-19(17)27-22/h3-11,27H,13H2,1-2H3,(H,28,30). The zero-order valence-electron chi connectivity index (χ0n) is 17.4. The van der Waals surface area contributed by atoms with Gasteiger partial charge in [-0.3, -0.25) is 9.36 Å². The summed E-state index contributed by atoms with van der Waals surface area (Å²) in [4.78, 5) is 28.0. The Kier molecular flexibility index (Phi) is 5.71. The van der Waals surface area contributed by atoms with Gasteiger partial charge in [0.25, 0.3) is 5.91 Å². The van der Waals surface area contributed by atoms with Crippen LogP contribution in [0.1, 0.15) is 27.3 Å². The third-order valence-electron chi connectivity index (χ3n) is 5.28. The molecule has 4 rings (SSSR count). The molecule has 160 valence electrons. The molecule has 0 radical (unpaired) electrons. The van der Waals surface area contributed by atoms with E-state index in [1.54, 1.807) is 16.7 Å². The number of amides is 1. The number of nitrogens with zero attached hydrogens (tertiary/aromatic N) is 2. The Labute approximate surface area is 189 Å². The highest BCUT2D eigenvalue weighted by Gasteiger charge is 2.22. The summed E-state index contributed by atoms with van der Waals surface area (Å²) in [6.45, 7) is 3.16. The summed E-state index contributed by atoms with van der Waals surface area (Å²) >= 11 is 6.27. The minimum atomic E-state index is -0.743. The lowest BCUT2D eigenvalue weighted by Crippen LogP contribution is -2.23. The van der Waals surface area contributed by atoms with Gasteiger partial charge in [0.15, 0.2) is 6.61 Å². The molecule has 2 aromatic carbocycles. The highest BCUT2D eigenvalue weighted by atomic mass is 35.5. The number of H-pyrrole nitrogens is 1. The second-order valence-electron chi connectivity index (χ2n) is 7.20. The first-order valence-electron chi connectivity index (χ1n) is 9.83. The van der Waals surface area contributed by atoms with E-state index in [4.69, 9.17) is 16.3 Å². The van der Waals surface area contributed by atoms with Crippen LogP contribution in [0.2, 0.25) is 5.02 Å². The van der Waals surface area contributed by atoms with E-state index in [2.05, 4.69) is 16.4 Å². The molecule has 0 unspecified atom stereocenters. The van der Waals surface area contributed by atoms with Gasteiger partial charge in [-0.15, -0.1) is 0 Å². The number of carbonyl (C=O) groups excluding carboxylic acids is 2. The molecule has 2 aromatic heterocycles. The molecule has 0 aliphatic heterocycles. The van der Waals surface area contributed by atoms with Gasteiger partial charge in [-0.25, -0.2) is 4.79 Å². The van der Waals surface area contributed by atoms with Gasteiger partial charge in [0.1, 0.15) is 17.6 Å². The van der Waals surface area contributed by atoms with Crippen molar-refractivity contribution >= 4 is 40.2 Å². The van der Waals surface area contributed by atoms with Gasteiger partial charge in [0, 0.05) is 22.3 Å². The number of aromatic amines is 1. The van der Waals surface area contributed by atoms with Crippen molar-refractivity contribution in [3.63, 3.8) is 0 Å². The number of hydrogen-bond donors (Lipinski definition) is 2. The van der Waals surface area contributed by atoms with Crippen LogP contribution in [0.5, 0.6) is 0 Å². The second-order valence-corrected chi connectivity index (χ2v) is 7.58. The van der Waals surface area contributed by atoms with Crippen molar-refractivity contribution in [1.29, 1.82) is 5.26 Å². The number of nitriles is 1. The first kappa shape index (κ1) is 21.2. The molecular formula is C24H19ClN4O3. The van der Waals surface area contributed by atoms with Crippen LogP contribution in [0.3, 0.4) is 0 Å². The van der Waals surface area contributed by atoms with Crippen molar-refractivity contribution in [2.45, 2.75) is 13.8 Å². The number of carbonyl (C=O) groups is 2. The quantitative estimate of drug-likeness (QED) is 0.426. The summed E-state index contributed by atoms with van der Waals surface area (Å²) in [6.07, 6.45) is 0. The Morgan fingerprint density at radius 3 is 2.50 bits per heavy atom. The van der Waals surface area contributed by atoms with Crippen molar-refractivity contribution < 1.29 is 14.3 Å². The van der Waals surface area contributed by atoms with Gasteiger partial charge in [0.05, 0.1) is 10.6 Å². The first-order chi connectivity index (χ1) is 15.4. The van der Waals surface area contributed by atoms with Crippen LogP contribution in [-0.2, 0) is 9.53 Å². The van der Waals surface area contributed by atoms with Gasteiger partial charge >= 0.3 is 5.97 Å². The van der Waals surface area contributed by atoms with Gasteiger partial charge < -0.3 is 15.0 Å². The Bertz CT molecular complexity index is 1380. The number of fused-ring (bicyclic) bond motifs is 1. The third kappa shape index (κ3) is 3.72. The van der Waals surface area contributed by atoms with Crippen LogP contribution >= 0.6 is 11.6 Å². The fourth-order valence-electron chi connectivity index (χ4n) is 3.58. The fraction of sp³-hybridized carbons (Fsp3) is 0.125. The monoisotopic (exact) mass is 446 g/mol. The van der Waals surface area contributed by atoms with Crippen LogP contribution < -0.4 is 5.32 Å². The van der Waals surface area contributed by atoms with Crippen LogP contribution in [0.25, 0.3) is 16.6 Å². The van der Waals surface area contributed by atoms with E-state index in [0.717, 1.165) is 16.9 Å².